The molecule has 0 spiro atoms. The largest absolute Gasteiger partial charge is 0.481 e. The molecule has 2 amide bonds. The second-order valence-electron chi connectivity index (χ2n) is 8.13. The Morgan fingerprint density at radius 1 is 1.03 bits per heavy atom. The van der Waals surface area contributed by atoms with E-state index in [0.717, 1.165) is 21.2 Å². The van der Waals surface area contributed by atoms with E-state index in [0.29, 0.717) is 0 Å². The van der Waals surface area contributed by atoms with Crippen LogP contribution in [0.1, 0.15) is 25.8 Å². The number of nitrogens with two attached hydrogens (primary N) is 1. The topological polar surface area (TPSA) is 144 Å². The molecule has 2 rings (SSSR count). The van der Waals surface area contributed by atoms with Crippen molar-refractivity contribution in [1.82, 2.24) is 4.90 Å². The highest BCUT2D eigenvalue weighted by Gasteiger charge is 2.36. The molecule has 9 heteroatoms. The maximum absolute atomic E-state index is 12.7. The Balaban J connectivity index is 2.09. The third kappa shape index (κ3) is 6.61. The predicted octanol–water partition coefficient (Wildman–Crippen LogP) is 1.55. The lowest BCUT2D eigenvalue weighted by molar-refractivity contribution is -0.153. The fourth-order valence-corrected chi connectivity index (χ4v) is 3.64. The van der Waals surface area contributed by atoms with Gasteiger partial charge >= 0.3 is 11.9 Å². The summed E-state index contributed by atoms with van der Waals surface area (Å²) in [5, 5.41) is 11.0. The molecule has 2 aromatic rings. The Labute approximate surface area is 191 Å². The van der Waals surface area contributed by atoms with E-state index in [2.05, 4.69) is 0 Å². The fourth-order valence-electron chi connectivity index (χ4n) is 3.64. The Kier molecular flexibility index (Phi) is 8.67. The van der Waals surface area contributed by atoms with E-state index in [9.17, 15) is 29.1 Å². The number of aliphatic carboxylic acids is 1. The number of fused-ring (bicyclic) bond motifs is 1. The summed E-state index contributed by atoms with van der Waals surface area (Å²) < 4.78 is 5.09. The van der Waals surface area contributed by atoms with Gasteiger partial charge in [0.2, 0.25) is 11.8 Å². The highest BCUT2D eigenvalue weighted by molar-refractivity contribution is 6.02. The van der Waals surface area contributed by atoms with Crippen molar-refractivity contribution < 1.29 is 33.8 Å². The van der Waals surface area contributed by atoms with Crippen LogP contribution in [0.3, 0.4) is 0 Å². The van der Waals surface area contributed by atoms with Gasteiger partial charge in [0.25, 0.3) is 0 Å². The normalized spacial score (nSPS) is 12.7. The molecule has 9 nitrogen and oxygen atoms in total. The van der Waals surface area contributed by atoms with Gasteiger partial charge in [-0.15, -0.1) is 0 Å². The number of hydrogen-bond donors (Lipinski definition) is 2. The van der Waals surface area contributed by atoms with Gasteiger partial charge in [0.1, 0.15) is 12.0 Å². The summed E-state index contributed by atoms with van der Waals surface area (Å²) >= 11 is 0. The molecule has 0 radical (unpaired) electrons. The number of ketones is 1. The number of Topliss-reactive ketones (excluding diaryl/α,β-unsaturated/α-hetero) is 1. The number of esters is 1. The molecule has 0 aliphatic rings. The van der Waals surface area contributed by atoms with Gasteiger partial charge in [0.05, 0.1) is 12.8 Å². The average Bonchev–Trinajstić information content (AvgIpc) is 2.75. The number of amides is 2. The average molecular weight is 456 g/mol. The number of primary amides is 1. The third-order valence-corrected chi connectivity index (χ3v) is 5.38. The molecule has 0 aromatic heterocycles. The minimum Gasteiger partial charge on any atom is -0.481 e. The van der Waals surface area contributed by atoms with Crippen molar-refractivity contribution in [2.75, 3.05) is 13.7 Å². The van der Waals surface area contributed by atoms with Crippen LogP contribution in [0.2, 0.25) is 0 Å². The summed E-state index contributed by atoms with van der Waals surface area (Å²) in [6, 6.07) is 11.6. The summed E-state index contributed by atoms with van der Waals surface area (Å²) in [6.45, 7) is 2.52. The Hall–Kier alpha value is -3.75. The lowest BCUT2D eigenvalue weighted by Gasteiger charge is -2.29. The van der Waals surface area contributed by atoms with E-state index in [-0.39, 0.29) is 6.42 Å². The second-order valence-corrected chi connectivity index (χ2v) is 8.13. The molecular weight excluding hydrogens is 428 g/mol. The molecule has 2 unspecified atom stereocenters. The van der Waals surface area contributed by atoms with Crippen LogP contribution in [0.25, 0.3) is 10.8 Å². The zero-order valence-electron chi connectivity index (χ0n) is 18.8. The molecule has 0 bridgehead atoms. The number of ether oxygens (including phenoxy) is 1. The maximum atomic E-state index is 12.7. The number of benzene rings is 2. The maximum Gasteiger partial charge on any atom is 0.310 e. The van der Waals surface area contributed by atoms with Crippen molar-refractivity contribution >= 4 is 40.3 Å². The molecule has 0 saturated heterocycles. The van der Waals surface area contributed by atoms with Gasteiger partial charge in [-0.1, -0.05) is 56.3 Å². The second kappa shape index (κ2) is 11.2. The number of rotatable bonds is 11. The van der Waals surface area contributed by atoms with Crippen molar-refractivity contribution in [3.63, 3.8) is 0 Å². The van der Waals surface area contributed by atoms with Crippen molar-refractivity contribution in [3.8, 4) is 0 Å². The lowest BCUT2D eigenvalue weighted by atomic mass is 9.92. The molecule has 0 aliphatic carbocycles. The van der Waals surface area contributed by atoms with Crippen LogP contribution < -0.4 is 5.73 Å². The van der Waals surface area contributed by atoms with Gasteiger partial charge in [-0.3, -0.25) is 24.0 Å². The van der Waals surface area contributed by atoms with E-state index < -0.39 is 60.4 Å². The van der Waals surface area contributed by atoms with E-state index in [4.69, 9.17) is 10.5 Å². The van der Waals surface area contributed by atoms with Crippen molar-refractivity contribution in [3.05, 3.63) is 48.0 Å². The van der Waals surface area contributed by atoms with Gasteiger partial charge in [-0.2, -0.15) is 0 Å². The minimum absolute atomic E-state index is 0.0793. The smallest absolute Gasteiger partial charge is 0.310 e. The van der Waals surface area contributed by atoms with E-state index in [1.165, 1.54) is 7.05 Å². The monoisotopic (exact) mass is 456 g/mol. The molecule has 176 valence electrons. The molecule has 0 saturated carbocycles. The SMILES string of the molecule is CC(C)C(C(N)=O)C(=O)N(C)C(CC(=O)O)C(=O)COC(=O)Cc1cccc2ccccc12. The molecule has 0 fully saturated rings. The van der Waals surface area contributed by atoms with E-state index >= 15 is 0 Å². The summed E-state index contributed by atoms with van der Waals surface area (Å²) in [4.78, 5) is 61.7. The van der Waals surface area contributed by atoms with Gasteiger partial charge in [-0.05, 0) is 22.3 Å². The zero-order valence-corrected chi connectivity index (χ0v) is 18.8. The van der Waals surface area contributed by atoms with Crippen LogP contribution in [0.15, 0.2) is 42.5 Å². The molecule has 33 heavy (non-hydrogen) atoms. The third-order valence-electron chi connectivity index (χ3n) is 5.38. The molecule has 2 aromatic carbocycles. The van der Waals surface area contributed by atoms with Crippen molar-refractivity contribution in [2.45, 2.75) is 32.7 Å². The van der Waals surface area contributed by atoms with Gasteiger partial charge in [0, 0.05) is 7.05 Å². The molecule has 3 N–H and O–H groups in total. The number of carbonyl (C=O) groups excluding carboxylic acids is 4. The Morgan fingerprint density at radius 3 is 2.27 bits per heavy atom. The Morgan fingerprint density at radius 2 is 1.67 bits per heavy atom. The number of carboxylic acids is 1. The Bertz CT molecular complexity index is 1060. The first kappa shape index (κ1) is 25.5. The van der Waals surface area contributed by atoms with Crippen LogP contribution in [0.4, 0.5) is 0 Å². The van der Waals surface area contributed by atoms with E-state index in [1.54, 1.807) is 19.9 Å². The summed E-state index contributed by atoms with van der Waals surface area (Å²) in [7, 11) is 1.23. The molecule has 2 atom stereocenters. The van der Waals surface area contributed by atoms with Crippen LogP contribution in [-0.2, 0) is 35.1 Å². The highest BCUT2D eigenvalue weighted by Crippen LogP contribution is 2.20. The van der Waals surface area contributed by atoms with Gasteiger partial charge in [0.15, 0.2) is 12.4 Å². The van der Waals surface area contributed by atoms with Crippen molar-refractivity contribution in [1.29, 1.82) is 0 Å². The highest BCUT2D eigenvalue weighted by atomic mass is 16.5. The van der Waals surface area contributed by atoms with Crippen molar-refractivity contribution in [2.24, 2.45) is 17.6 Å². The summed E-state index contributed by atoms with van der Waals surface area (Å²) in [6.07, 6.45) is -0.782. The van der Waals surface area contributed by atoms with E-state index in [1.807, 2.05) is 36.4 Å². The minimum atomic E-state index is -1.42. The quantitative estimate of drug-likeness (QED) is 0.386. The summed E-state index contributed by atoms with van der Waals surface area (Å²) in [5.74, 6) is -6.06. The first-order valence-electron chi connectivity index (χ1n) is 10.5. The first-order chi connectivity index (χ1) is 15.5. The number of carbonyl (C=O) groups is 5. The van der Waals surface area contributed by atoms with Crippen LogP contribution in [0.5, 0.6) is 0 Å². The molecule has 0 heterocycles. The number of carboxylic acid groups (broad SMARTS) is 1. The zero-order chi connectivity index (χ0) is 24.7. The van der Waals surface area contributed by atoms with Crippen LogP contribution in [0, 0.1) is 11.8 Å². The lowest BCUT2D eigenvalue weighted by Crippen LogP contribution is -2.50. The first-order valence-corrected chi connectivity index (χ1v) is 10.5. The number of nitrogens with zero attached hydrogens (tertiary/aromatic N) is 1. The van der Waals surface area contributed by atoms with Crippen LogP contribution >= 0.6 is 0 Å². The number of hydrogen-bond acceptors (Lipinski definition) is 6. The fraction of sp³-hybridized carbons (Fsp3) is 0.375. The molecule has 0 aliphatic heterocycles. The van der Waals surface area contributed by atoms with Gasteiger partial charge < -0.3 is 20.5 Å². The summed E-state index contributed by atoms with van der Waals surface area (Å²) in [5.41, 5.74) is 6.03. The van der Waals surface area contributed by atoms with Gasteiger partial charge in [-0.25, -0.2) is 0 Å². The number of likely N-dealkylation sites (N-methyl/N-ethyl adjacent to an activating group) is 1. The molecular formula is C24H28N2O7. The standard InChI is InChI=1S/C24H28N2O7/c1-14(2)22(23(25)31)24(32)26(3)18(12-20(28)29)19(27)13-33-21(30)11-16-9-6-8-15-7-4-5-10-17(15)16/h4-10,14,18,22H,11-13H2,1-3H3,(H2,25,31)(H,28,29). The van der Waals surface area contributed by atoms with Crippen LogP contribution in [-0.4, -0.2) is 59.2 Å². The predicted molar refractivity (Wildman–Crippen MR) is 120 cm³/mol.